The Labute approximate surface area is 93.8 Å². The van der Waals surface area contributed by atoms with Crippen LogP contribution in [0.15, 0.2) is 0 Å². The Bertz CT molecular complexity index is 190. The lowest BCUT2D eigenvalue weighted by molar-refractivity contribution is -0.120. The van der Waals surface area contributed by atoms with Crippen molar-refractivity contribution in [2.75, 3.05) is 14.1 Å². The van der Waals surface area contributed by atoms with Crippen molar-refractivity contribution in [2.45, 2.75) is 46.7 Å². The van der Waals surface area contributed by atoms with E-state index in [2.05, 4.69) is 0 Å². The number of amides is 1. The van der Waals surface area contributed by atoms with Crippen LogP contribution >= 0.6 is 0 Å². The second kappa shape index (κ2) is 8.26. The van der Waals surface area contributed by atoms with Gasteiger partial charge in [-0.1, -0.05) is 13.8 Å². The smallest absolute Gasteiger partial charge is 0.210 e. The zero-order chi connectivity index (χ0) is 12.6. The Morgan fingerprint density at radius 2 is 1.60 bits per heavy atom. The van der Waals surface area contributed by atoms with Crippen molar-refractivity contribution in [3.63, 3.8) is 0 Å². The highest BCUT2D eigenvalue weighted by atomic mass is 16.1. The van der Waals surface area contributed by atoms with Gasteiger partial charge in [-0.25, -0.2) is 0 Å². The lowest BCUT2D eigenvalue weighted by Gasteiger charge is -2.31. The van der Waals surface area contributed by atoms with Crippen molar-refractivity contribution >= 4 is 12.2 Å². The molecule has 0 saturated heterocycles. The van der Waals surface area contributed by atoms with E-state index >= 15 is 0 Å². The summed E-state index contributed by atoms with van der Waals surface area (Å²) in [5.41, 5.74) is 0. The Balaban J connectivity index is 0. The molecule has 0 aromatic rings. The van der Waals surface area contributed by atoms with E-state index in [-0.39, 0.29) is 12.1 Å². The zero-order valence-corrected chi connectivity index (χ0v) is 11.0. The van der Waals surface area contributed by atoms with E-state index in [9.17, 15) is 4.79 Å². The molecule has 1 atom stereocenters. The molecule has 0 aromatic carbocycles. The van der Waals surface area contributed by atoms with E-state index < -0.39 is 0 Å². The van der Waals surface area contributed by atoms with Gasteiger partial charge in [-0.2, -0.15) is 0 Å². The highest BCUT2D eigenvalue weighted by Gasteiger charge is 2.19. The van der Waals surface area contributed by atoms with Crippen LogP contribution in [-0.2, 0) is 4.79 Å². The average Bonchev–Trinajstić information content (AvgIpc) is 2.19. The Morgan fingerprint density at radius 1 is 1.20 bits per heavy atom. The summed E-state index contributed by atoms with van der Waals surface area (Å²) in [7, 11) is 3.62. The number of likely N-dealkylation sites (N-methyl/N-ethyl adjacent to an activating group) is 1. The van der Waals surface area contributed by atoms with Gasteiger partial charge in [0, 0.05) is 20.1 Å². The first-order valence-electron chi connectivity index (χ1n) is 5.40. The molecule has 1 unspecified atom stereocenters. The van der Waals surface area contributed by atoms with Crippen LogP contribution < -0.4 is 0 Å². The van der Waals surface area contributed by atoms with Gasteiger partial charge in [0.15, 0.2) is 0 Å². The zero-order valence-electron chi connectivity index (χ0n) is 11.0. The molecule has 1 N–H and O–H groups in total. The Hall–Kier alpha value is -1.06. The third-order valence-electron chi connectivity index (χ3n) is 2.04. The van der Waals surface area contributed by atoms with Gasteiger partial charge >= 0.3 is 0 Å². The number of amidine groups is 1. The average molecular weight is 215 g/mol. The first kappa shape index (κ1) is 16.4. The normalized spacial score (nSPS) is 11.2. The van der Waals surface area contributed by atoms with Crippen LogP contribution in [-0.4, -0.2) is 48.2 Å². The molecule has 0 fully saturated rings. The summed E-state index contributed by atoms with van der Waals surface area (Å²) in [5, 5.41) is 7.70. The molecular formula is C11H25N3O. The van der Waals surface area contributed by atoms with Crippen molar-refractivity contribution in [2.24, 2.45) is 0 Å². The van der Waals surface area contributed by atoms with Crippen LogP contribution in [0.4, 0.5) is 0 Å². The number of nitrogens with one attached hydrogen (secondary N) is 1. The number of carbonyl (C=O) groups is 1. The van der Waals surface area contributed by atoms with Crippen LogP contribution in [0.1, 0.15) is 34.6 Å². The van der Waals surface area contributed by atoms with Gasteiger partial charge in [0.2, 0.25) is 6.41 Å². The molecule has 0 aromatic heterocycles. The molecule has 0 bridgehead atoms. The van der Waals surface area contributed by atoms with Gasteiger partial charge in [0.25, 0.3) is 0 Å². The molecule has 0 radical (unpaired) electrons. The monoisotopic (exact) mass is 215 g/mol. The van der Waals surface area contributed by atoms with Crippen LogP contribution in [0.2, 0.25) is 0 Å². The molecule has 0 aliphatic rings. The Morgan fingerprint density at radius 3 is 1.80 bits per heavy atom. The van der Waals surface area contributed by atoms with Gasteiger partial charge in [-0.05, 0) is 20.8 Å². The number of rotatable bonds is 4. The van der Waals surface area contributed by atoms with E-state index in [1.165, 1.54) is 0 Å². The maximum atomic E-state index is 10.7. The topological polar surface area (TPSA) is 47.4 Å². The molecule has 1 amide bonds. The predicted molar refractivity (Wildman–Crippen MR) is 65.3 cm³/mol. The first-order chi connectivity index (χ1) is 6.91. The fourth-order valence-corrected chi connectivity index (χ4v) is 1.18. The van der Waals surface area contributed by atoms with E-state index in [1.807, 2.05) is 48.7 Å². The van der Waals surface area contributed by atoms with Crippen LogP contribution in [0, 0.1) is 5.41 Å². The maximum absolute atomic E-state index is 10.7. The molecule has 15 heavy (non-hydrogen) atoms. The van der Waals surface area contributed by atoms with Crippen molar-refractivity contribution in [1.29, 1.82) is 5.41 Å². The van der Waals surface area contributed by atoms with Crippen molar-refractivity contribution in [1.82, 2.24) is 9.80 Å². The minimum Gasteiger partial charge on any atom is -0.365 e. The molecule has 0 saturated carbocycles. The standard InChI is InChI=1S/C9H19N3O.C2H6/c1-7(2)12(6-13)8(3)9(10)11(4)5;1-2/h6-8,10H,1-5H3;1-2H3. The minimum absolute atomic E-state index is 0.132. The summed E-state index contributed by atoms with van der Waals surface area (Å²) >= 11 is 0. The third-order valence-corrected chi connectivity index (χ3v) is 2.04. The summed E-state index contributed by atoms with van der Waals surface area (Å²) in [6, 6.07) is -0.0275. The molecule has 4 nitrogen and oxygen atoms in total. The van der Waals surface area contributed by atoms with Gasteiger partial charge in [-0.15, -0.1) is 0 Å². The molecule has 0 rings (SSSR count). The van der Waals surface area contributed by atoms with E-state index in [0.29, 0.717) is 5.84 Å². The number of hydrogen-bond donors (Lipinski definition) is 1. The molecule has 90 valence electrons. The van der Waals surface area contributed by atoms with Gasteiger partial charge in [-0.3, -0.25) is 10.2 Å². The fraction of sp³-hybridized carbons (Fsp3) is 0.818. The quantitative estimate of drug-likeness (QED) is 0.441. The van der Waals surface area contributed by atoms with E-state index in [1.54, 1.807) is 9.80 Å². The second-order valence-electron chi connectivity index (χ2n) is 3.60. The number of nitrogens with zero attached hydrogens (tertiary/aromatic N) is 2. The maximum Gasteiger partial charge on any atom is 0.210 e. The van der Waals surface area contributed by atoms with Crippen LogP contribution in [0.3, 0.4) is 0 Å². The van der Waals surface area contributed by atoms with E-state index in [4.69, 9.17) is 5.41 Å². The van der Waals surface area contributed by atoms with Crippen LogP contribution in [0.25, 0.3) is 0 Å². The fourth-order valence-electron chi connectivity index (χ4n) is 1.18. The lowest BCUT2D eigenvalue weighted by atomic mass is 10.2. The van der Waals surface area contributed by atoms with Crippen LogP contribution in [0.5, 0.6) is 0 Å². The SMILES string of the molecule is CC.CC(C)N(C=O)C(C)C(=N)N(C)C. The minimum atomic E-state index is -0.160. The summed E-state index contributed by atoms with van der Waals surface area (Å²) in [4.78, 5) is 14.1. The number of hydrogen-bond acceptors (Lipinski definition) is 2. The van der Waals surface area contributed by atoms with Gasteiger partial charge in [0.05, 0.1) is 6.04 Å². The number of carbonyl (C=O) groups excluding carboxylic acids is 1. The highest BCUT2D eigenvalue weighted by Crippen LogP contribution is 2.04. The second-order valence-corrected chi connectivity index (χ2v) is 3.60. The predicted octanol–water partition coefficient (Wildman–Crippen LogP) is 1.81. The molecule has 0 aliphatic carbocycles. The third kappa shape index (κ3) is 5.40. The summed E-state index contributed by atoms with van der Waals surface area (Å²) < 4.78 is 0. The lowest BCUT2D eigenvalue weighted by Crippen LogP contribution is -2.46. The Kier molecular flexibility index (Phi) is 9.02. The summed E-state index contributed by atoms with van der Waals surface area (Å²) in [6.45, 7) is 9.73. The first-order valence-corrected chi connectivity index (χ1v) is 5.40. The van der Waals surface area contributed by atoms with Crippen molar-refractivity contribution in [3.05, 3.63) is 0 Å². The largest absolute Gasteiger partial charge is 0.365 e. The van der Waals surface area contributed by atoms with E-state index in [0.717, 1.165) is 6.41 Å². The molecule has 0 heterocycles. The molecule has 0 aliphatic heterocycles. The van der Waals surface area contributed by atoms with Crippen molar-refractivity contribution < 1.29 is 4.79 Å². The molecular weight excluding hydrogens is 190 g/mol. The molecule has 4 heteroatoms. The van der Waals surface area contributed by atoms with Gasteiger partial charge < -0.3 is 9.80 Å². The molecule has 0 spiro atoms. The summed E-state index contributed by atoms with van der Waals surface area (Å²) in [5.74, 6) is 0.445. The summed E-state index contributed by atoms with van der Waals surface area (Å²) in [6.07, 6.45) is 0.799. The van der Waals surface area contributed by atoms with Crippen molar-refractivity contribution in [3.8, 4) is 0 Å². The van der Waals surface area contributed by atoms with Gasteiger partial charge in [0.1, 0.15) is 5.84 Å². The highest BCUT2D eigenvalue weighted by molar-refractivity contribution is 5.85.